The van der Waals surface area contributed by atoms with Gasteiger partial charge in [-0.1, -0.05) is 13.8 Å². The molecule has 1 heterocycles. The van der Waals surface area contributed by atoms with Gasteiger partial charge in [0.25, 0.3) is 0 Å². The van der Waals surface area contributed by atoms with Crippen LogP contribution in [0.25, 0.3) is 11.0 Å². The zero-order chi connectivity index (χ0) is 11.7. The van der Waals surface area contributed by atoms with Crippen molar-refractivity contribution in [2.45, 2.75) is 33.4 Å². The van der Waals surface area contributed by atoms with Gasteiger partial charge in [-0.15, -0.1) is 0 Å². The molecule has 0 aliphatic carbocycles. The monoisotopic (exact) mass is 281 g/mol. The van der Waals surface area contributed by atoms with Crippen molar-refractivity contribution < 1.29 is 4.42 Å². The Bertz CT molecular complexity index is 502. The van der Waals surface area contributed by atoms with Crippen LogP contribution in [0.4, 0.5) is 0 Å². The minimum atomic E-state index is 0.484. The lowest BCUT2D eigenvalue weighted by molar-refractivity contribution is 0.572. The molecule has 1 N–H and O–H groups in total. The molecule has 0 aliphatic heterocycles. The second-order valence-electron chi connectivity index (χ2n) is 4.42. The molecule has 0 atom stereocenters. The van der Waals surface area contributed by atoms with E-state index in [9.17, 15) is 0 Å². The molecule has 2 rings (SSSR count). The van der Waals surface area contributed by atoms with E-state index < -0.39 is 0 Å². The summed E-state index contributed by atoms with van der Waals surface area (Å²) in [5.74, 6) is 0. The van der Waals surface area contributed by atoms with Gasteiger partial charge in [-0.25, -0.2) is 0 Å². The van der Waals surface area contributed by atoms with E-state index >= 15 is 0 Å². The maximum atomic E-state index is 5.58. The van der Waals surface area contributed by atoms with Crippen LogP contribution in [0.3, 0.4) is 0 Å². The molecule has 86 valence electrons. The SMILES string of the molecule is Cc1cc(Br)c2occ(CNC(C)C)c2c1. The van der Waals surface area contributed by atoms with Crippen LogP contribution in [-0.4, -0.2) is 6.04 Å². The topological polar surface area (TPSA) is 25.2 Å². The Labute approximate surface area is 104 Å². The van der Waals surface area contributed by atoms with Gasteiger partial charge in [-0.2, -0.15) is 0 Å². The molecule has 16 heavy (non-hydrogen) atoms. The molecule has 0 saturated heterocycles. The quantitative estimate of drug-likeness (QED) is 0.920. The summed E-state index contributed by atoms with van der Waals surface area (Å²) in [6, 6.07) is 4.73. The first-order valence-electron chi connectivity index (χ1n) is 5.47. The van der Waals surface area contributed by atoms with Crippen molar-refractivity contribution >= 4 is 26.9 Å². The van der Waals surface area contributed by atoms with Crippen molar-refractivity contribution in [2.24, 2.45) is 0 Å². The van der Waals surface area contributed by atoms with Crippen LogP contribution >= 0.6 is 15.9 Å². The van der Waals surface area contributed by atoms with E-state index in [-0.39, 0.29) is 0 Å². The number of rotatable bonds is 3. The molecule has 0 saturated carbocycles. The van der Waals surface area contributed by atoms with Gasteiger partial charge in [-0.3, -0.25) is 0 Å². The second kappa shape index (κ2) is 4.60. The number of nitrogens with one attached hydrogen (secondary N) is 1. The Hall–Kier alpha value is -0.800. The molecule has 2 aromatic rings. The van der Waals surface area contributed by atoms with Crippen molar-refractivity contribution in [3.05, 3.63) is 34.0 Å². The molecule has 1 aromatic carbocycles. The summed E-state index contributed by atoms with van der Waals surface area (Å²) in [5, 5.41) is 4.60. The Morgan fingerprint density at radius 1 is 1.38 bits per heavy atom. The maximum Gasteiger partial charge on any atom is 0.148 e. The number of hydrogen-bond donors (Lipinski definition) is 1. The minimum Gasteiger partial charge on any atom is -0.463 e. The van der Waals surface area contributed by atoms with Crippen LogP contribution in [0.1, 0.15) is 25.0 Å². The van der Waals surface area contributed by atoms with Gasteiger partial charge in [0, 0.05) is 23.5 Å². The third kappa shape index (κ3) is 2.30. The lowest BCUT2D eigenvalue weighted by atomic mass is 10.1. The number of aryl methyl sites for hydroxylation is 1. The summed E-state index contributed by atoms with van der Waals surface area (Å²) in [4.78, 5) is 0. The van der Waals surface area contributed by atoms with Crippen LogP contribution < -0.4 is 5.32 Å². The predicted molar refractivity (Wildman–Crippen MR) is 70.6 cm³/mol. The summed E-state index contributed by atoms with van der Waals surface area (Å²) in [5.41, 5.74) is 3.39. The van der Waals surface area contributed by atoms with Crippen molar-refractivity contribution in [3.8, 4) is 0 Å². The summed E-state index contributed by atoms with van der Waals surface area (Å²) < 4.78 is 6.61. The second-order valence-corrected chi connectivity index (χ2v) is 5.27. The van der Waals surface area contributed by atoms with Gasteiger partial charge in [0.05, 0.1) is 10.7 Å². The molecule has 0 aliphatic rings. The number of furan rings is 1. The molecule has 1 aromatic heterocycles. The molecule has 3 heteroatoms. The third-order valence-corrected chi connectivity index (χ3v) is 3.14. The highest BCUT2D eigenvalue weighted by atomic mass is 79.9. The van der Waals surface area contributed by atoms with E-state index in [1.54, 1.807) is 0 Å². The number of benzene rings is 1. The molecule has 0 bridgehead atoms. The highest BCUT2D eigenvalue weighted by Crippen LogP contribution is 2.29. The number of hydrogen-bond acceptors (Lipinski definition) is 2. The smallest absolute Gasteiger partial charge is 0.148 e. The molecule has 0 unspecified atom stereocenters. The van der Waals surface area contributed by atoms with Crippen molar-refractivity contribution in [2.75, 3.05) is 0 Å². The van der Waals surface area contributed by atoms with Gasteiger partial charge in [0.15, 0.2) is 0 Å². The summed E-state index contributed by atoms with van der Waals surface area (Å²) in [6.07, 6.45) is 1.84. The first-order valence-corrected chi connectivity index (χ1v) is 6.27. The maximum absolute atomic E-state index is 5.58. The van der Waals surface area contributed by atoms with E-state index in [2.05, 4.69) is 54.2 Å². The van der Waals surface area contributed by atoms with E-state index in [0.717, 1.165) is 16.6 Å². The van der Waals surface area contributed by atoms with E-state index in [1.807, 2.05) is 6.26 Å². The Kier molecular flexibility index (Phi) is 3.36. The van der Waals surface area contributed by atoms with E-state index in [4.69, 9.17) is 4.42 Å². The zero-order valence-electron chi connectivity index (χ0n) is 9.80. The fraction of sp³-hybridized carbons (Fsp3) is 0.385. The standard InChI is InChI=1S/C13H16BrNO/c1-8(2)15-6-10-7-16-13-11(10)4-9(3)5-12(13)14/h4-5,7-8,15H,6H2,1-3H3. The first kappa shape index (κ1) is 11.7. The predicted octanol–water partition coefficient (Wildman–Crippen LogP) is 4.00. The zero-order valence-corrected chi connectivity index (χ0v) is 11.4. The minimum absolute atomic E-state index is 0.484. The molecule has 0 fully saturated rings. The van der Waals surface area contributed by atoms with Crippen LogP contribution in [0.2, 0.25) is 0 Å². The van der Waals surface area contributed by atoms with Crippen molar-refractivity contribution in [1.29, 1.82) is 0 Å². The Balaban J connectivity index is 2.40. The van der Waals surface area contributed by atoms with Crippen molar-refractivity contribution in [1.82, 2.24) is 5.32 Å². The van der Waals surface area contributed by atoms with Gasteiger partial charge in [0.2, 0.25) is 0 Å². The van der Waals surface area contributed by atoms with Gasteiger partial charge in [0.1, 0.15) is 5.58 Å². The highest BCUT2D eigenvalue weighted by molar-refractivity contribution is 9.10. The largest absolute Gasteiger partial charge is 0.463 e. The van der Waals surface area contributed by atoms with Crippen molar-refractivity contribution in [3.63, 3.8) is 0 Å². The first-order chi connectivity index (χ1) is 7.58. The summed E-state index contributed by atoms with van der Waals surface area (Å²) >= 11 is 3.53. The lowest BCUT2D eigenvalue weighted by Gasteiger charge is -2.06. The Morgan fingerprint density at radius 2 is 2.12 bits per heavy atom. The fourth-order valence-electron chi connectivity index (χ4n) is 1.73. The molecule has 0 amide bonds. The lowest BCUT2D eigenvalue weighted by Crippen LogP contribution is -2.21. The Morgan fingerprint density at radius 3 is 2.81 bits per heavy atom. The molecule has 2 nitrogen and oxygen atoms in total. The van der Waals surface area contributed by atoms with Gasteiger partial charge >= 0.3 is 0 Å². The average Bonchev–Trinajstić information content (AvgIpc) is 2.58. The molecule has 0 spiro atoms. The van der Waals surface area contributed by atoms with Crippen LogP contribution in [-0.2, 0) is 6.54 Å². The molecular weight excluding hydrogens is 266 g/mol. The van der Waals surface area contributed by atoms with Gasteiger partial charge < -0.3 is 9.73 Å². The normalized spacial score (nSPS) is 11.6. The fourth-order valence-corrected chi connectivity index (χ4v) is 2.40. The van der Waals surface area contributed by atoms with Crippen LogP contribution in [0.5, 0.6) is 0 Å². The third-order valence-electron chi connectivity index (χ3n) is 2.55. The number of halogens is 1. The summed E-state index contributed by atoms with van der Waals surface area (Å²) in [6.45, 7) is 7.23. The van der Waals surface area contributed by atoms with E-state index in [0.29, 0.717) is 6.04 Å². The van der Waals surface area contributed by atoms with Crippen LogP contribution in [0.15, 0.2) is 27.3 Å². The van der Waals surface area contributed by atoms with Gasteiger partial charge in [-0.05, 0) is 40.5 Å². The molecule has 0 radical (unpaired) electrons. The van der Waals surface area contributed by atoms with E-state index in [1.165, 1.54) is 16.5 Å². The summed E-state index contributed by atoms with van der Waals surface area (Å²) in [7, 11) is 0. The number of fused-ring (bicyclic) bond motifs is 1. The molecular formula is C13H16BrNO. The van der Waals surface area contributed by atoms with Crippen LogP contribution in [0, 0.1) is 6.92 Å². The highest BCUT2D eigenvalue weighted by Gasteiger charge is 2.09. The average molecular weight is 282 g/mol.